The van der Waals surface area contributed by atoms with Crippen molar-refractivity contribution in [1.29, 1.82) is 0 Å². The van der Waals surface area contributed by atoms with E-state index in [1.54, 1.807) is 0 Å². The molecule has 0 aromatic carbocycles. The lowest BCUT2D eigenvalue weighted by Gasteiger charge is -2.34. The highest BCUT2D eigenvalue weighted by molar-refractivity contribution is 5.73. The molecular formula is C28H46O5. The molecule has 3 rings (SSSR count). The first-order valence-corrected chi connectivity index (χ1v) is 13.7. The maximum Gasteiger partial charge on any atom is 0.308 e. The predicted octanol–water partition coefficient (Wildman–Crippen LogP) is 6.74. The van der Waals surface area contributed by atoms with E-state index in [0.717, 1.165) is 70.0 Å². The van der Waals surface area contributed by atoms with Crippen molar-refractivity contribution < 1.29 is 23.8 Å². The Morgan fingerprint density at radius 1 is 0.636 bits per heavy atom. The zero-order chi connectivity index (χ0) is 23.5. The summed E-state index contributed by atoms with van der Waals surface area (Å²) in [6, 6.07) is 0. The van der Waals surface area contributed by atoms with Crippen LogP contribution >= 0.6 is 0 Å². The number of carbonyl (C=O) groups excluding carboxylic acids is 2. The molecule has 5 nitrogen and oxygen atoms in total. The fraction of sp³-hybridized carbons (Fsp3) is 0.857. The standard InChI is InChI=1S/C28H46O5/c1-3-28(19-31-22(2)23-13-7-4-8-14-23,20-32-26(29)24-15-9-5-10-16-24)21-33-27(30)25-17-11-6-12-18-25/h23-25H,2-21H2,1H3. The van der Waals surface area contributed by atoms with Crippen LogP contribution in [0.15, 0.2) is 12.3 Å². The summed E-state index contributed by atoms with van der Waals surface area (Å²) in [5, 5.41) is 0. The normalized spacial score (nSPS) is 21.4. The average molecular weight is 463 g/mol. The summed E-state index contributed by atoms with van der Waals surface area (Å²) in [7, 11) is 0. The highest BCUT2D eigenvalue weighted by Crippen LogP contribution is 2.33. The van der Waals surface area contributed by atoms with Gasteiger partial charge in [-0.1, -0.05) is 71.3 Å². The summed E-state index contributed by atoms with van der Waals surface area (Å²) in [6.45, 7) is 7.11. The van der Waals surface area contributed by atoms with E-state index in [4.69, 9.17) is 14.2 Å². The number of esters is 2. The quantitative estimate of drug-likeness (QED) is 0.251. The van der Waals surface area contributed by atoms with E-state index in [0.29, 0.717) is 18.9 Å². The fourth-order valence-electron chi connectivity index (χ4n) is 5.58. The van der Waals surface area contributed by atoms with E-state index < -0.39 is 5.41 Å². The van der Waals surface area contributed by atoms with Gasteiger partial charge in [-0.3, -0.25) is 9.59 Å². The van der Waals surface area contributed by atoms with E-state index in [-0.39, 0.29) is 37.0 Å². The molecule has 0 aromatic rings. The molecule has 33 heavy (non-hydrogen) atoms. The number of ether oxygens (including phenoxy) is 3. The van der Waals surface area contributed by atoms with Crippen LogP contribution in [0, 0.1) is 23.2 Å². The number of hydrogen-bond donors (Lipinski definition) is 0. The minimum Gasteiger partial charge on any atom is -0.497 e. The van der Waals surface area contributed by atoms with E-state index >= 15 is 0 Å². The second-order valence-electron chi connectivity index (χ2n) is 10.8. The summed E-state index contributed by atoms with van der Waals surface area (Å²) in [5.74, 6) is 1.06. The molecule has 3 saturated carbocycles. The summed E-state index contributed by atoms with van der Waals surface area (Å²) >= 11 is 0. The van der Waals surface area contributed by atoms with Gasteiger partial charge in [0, 0.05) is 5.92 Å². The Morgan fingerprint density at radius 2 is 1.00 bits per heavy atom. The topological polar surface area (TPSA) is 61.8 Å². The zero-order valence-electron chi connectivity index (χ0n) is 20.9. The van der Waals surface area contributed by atoms with E-state index in [1.165, 1.54) is 32.1 Å². The Bertz CT molecular complexity index is 541. The Labute approximate surface area is 201 Å². The number of rotatable bonds is 11. The van der Waals surface area contributed by atoms with Crippen molar-refractivity contribution >= 4 is 11.9 Å². The lowest BCUT2D eigenvalue weighted by molar-refractivity contribution is -0.163. The minimum atomic E-state index is -0.535. The Morgan fingerprint density at radius 3 is 1.39 bits per heavy atom. The first-order chi connectivity index (χ1) is 16.0. The van der Waals surface area contributed by atoms with Crippen LogP contribution in [0.2, 0.25) is 0 Å². The third-order valence-electron chi connectivity index (χ3n) is 8.29. The smallest absolute Gasteiger partial charge is 0.308 e. The molecule has 5 heteroatoms. The van der Waals surface area contributed by atoms with Crippen molar-refractivity contribution in [2.45, 2.75) is 110 Å². The SMILES string of the molecule is C=C(OCC(CC)(COC(=O)C1CCCCC1)COC(=O)C1CCCCC1)C1CCCCC1. The summed E-state index contributed by atoms with van der Waals surface area (Å²) in [5.41, 5.74) is -0.535. The number of hydrogen-bond acceptors (Lipinski definition) is 5. The molecule has 3 fully saturated rings. The maximum absolute atomic E-state index is 12.7. The Balaban J connectivity index is 1.59. The minimum absolute atomic E-state index is 0.0104. The van der Waals surface area contributed by atoms with Crippen LogP contribution in [0.1, 0.15) is 110 Å². The second-order valence-corrected chi connectivity index (χ2v) is 10.8. The molecule has 0 spiro atoms. The number of carbonyl (C=O) groups is 2. The molecule has 0 aliphatic heterocycles. The van der Waals surface area contributed by atoms with E-state index in [2.05, 4.69) is 13.5 Å². The van der Waals surface area contributed by atoms with Crippen molar-refractivity contribution in [2.24, 2.45) is 23.2 Å². The predicted molar refractivity (Wildman–Crippen MR) is 129 cm³/mol. The van der Waals surface area contributed by atoms with E-state index in [9.17, 15) is 9.59 Å². The van der Waals surface area contributed by atoms with Crippen molar-refractivity contribution in [3.8, 4) is 0 Å². The highest BCUT2D eigenvalue weighted by Gasteiger charge is 2.36. The van der Waals surface area contributed by atoms with E-state index in [1.807, 2.05) is 0 Å². The van der Waals surface area contributed by atoms with Crippen LogP contribution < -0.4 is 0 Å². The molecule has 3 aliphatic rings. The second kappa shape index (κ2) is 13.4. The maximum atomic E-state index is 12.7. The van der Waals surface area contributed by atoms with Crippen molar-refractivity contribution in [2.75, 3.05) is 19.8 Å². The van der Waals surface area contributed by atoms with Crippen molar-refractivity contribution in [1.82, 2.24) is 0 Å². The molecule has 0 atom stereocenters. The van der Waals surface area contributed by atoms with Gasteiger partial charge >= 0.3 is 11.9 Å². The van der Waals surface area contributed by atoms with Gasteiger partial charge in [0.1, 0.15) is 13.2 Å². The molecule has 0 aromatic heterocycles. The van der Waals surface area contributed by atoms with Crippen LogP contribution in [0.5, 0.6) is 0 Å². The third-order valence-corrected chi connectivity index (χ3v) is 8.29. The van der Waals surface area contributed by atoms with Crippen LogP contribution in [0.4, 0.5) is 0 Å². The van der Waals surface area contributed by atoms with Gasteiger partial charge in [0.05, 0.1) is 29.6 Å². The van der Waals surface area contributed by atoms with Gasteiger partial charge in [0.2, 0.25) is 0 Å². The Hall–Kier alpha value is -1.52. The van der Waals surface area contributed by atoms with Gasteiger partial charge in [-0.2, -0.15) is 0 Å². The summed E-state index contributed by atoms with van der Waals surface area (Å²) < 4.78 is 17.9. The Kier molecular flexibility index (Phi) is 10.6. The van der Waals surface area contributed by atoms with Gasteiger partial charge in [0.15, 0.2) is 0 Å². The van der Waals surface area contributed by atoms with Crippen LogP contribution in [-0.2, 0) is 23.8 Å². The van der Waals surface area contributed by atoms with Gasteiger partial charge in [-0.15, -0.1) is 0 Å². The van der Waals surface area contributed by atoms with Crippen LogP contribution in [0.3, 0.4) is 0 Å². The molecule has 0 unspecified atom stereocenters. The molecule has 0 heterocycles. The molecule has 0 N–H and O–H groups in total. The monoisotopic (exact) mass is 462 g/mol. The van der Waals surface area contributed by atoms with Crippen LogP contribution in [0.25, 0.3) is 0 Å². The molecule has 0 bridgehead atoms. The molecule has 0 radical (unpaired) electrons. The fourth-order valence-corrected chi connectivity index (χ4v) is 5.58. The average Bonchev–Trinajstić information content (AvgIpc) is 2.89. The first-order valence-electron chi connectivity index (χ1n) is 13.7. The van der Waals surface area contributed by atoms with Gasteiger partial charge < -0.3 is 14.2 Å². The van der Waals surface area contributed by atoms with Crippen molar-refractivity contribution in [3.63, 3.8) is 0 Å². The van der Waals surface area contributed by atoms with Crippen LogP contribution in [-0.4, -0.2) is 31.8 Å². The van der Waals surface area contributed by atoms with Crippen molar-refractivity contribution in [3.05, 3.63) is 12.3 Å². The lowest BCUT2D eigenvalue weighted by atomic mass is 9.86. The van der Waals surface area contributed by atoms with Gasteiger partial charge in [-0.05, 0) is 44.9 Å². The molecule has 188 valence electrons. The lowest BCUT2D eigenvalue weighted by Crippen LogP contribution is -2.40. The van der Waals surface area contributed by atoms with Gasteiger partial charge in [0.25, 0.3) is 0 Å². The molecule has 0 amide bonds. The van der Waals surface area contributed by atoms with Gasteiger partial charge in [-0.25, -0.2) is 0 Å². The molecule has 3 aliphatic carbocycles. The molecule has 0 saturated heterocycles. The number of allylic oxidation sites excluding steroid dienone is 1. The summed E-state index contributed by atoms with van der Waals surface area (Å²) in [4.78, 5) is 25.5. The largest absolute Gasteiger partial charge is 0.497 e. The molecular weight excluding hydrogens is 416 g/mol. The summed E-state index contributed by atoms with van der Waals surface area (Å²) in [6.07, 6.45) is 17.2. The first kappa shape index (κ1) is 26.1. The highest BCUT2D eigenvalue weighted by atomic mass is 16.6. The zero-order valence-corrected chi connectivity index (χ0v) is 20.9. The third kappa shape index (κ3) is 8.03.